The highest BCUT2D eigenvalue weighted by Crippen LogP contribution is 2.70. The zero-order chi connectivity index (χ0) is 9.28. The largest absolute Gasteiger partial charge is 0.333 e. The van der Waals surface area contributed by atoms with Crippen molar-refractivity contribution in [2.75, 3.05) is 0 Å². The first-order valence-electron chi connectivity index (χ1n) is 2.73. The van der Waals surface area contributed by atoms with Gasteiger partial charge >= 0.3 is 13.4 Å². The maximum absolute atomic E-state index is 10.7. The average molecular weight is 241 g/mol. The molecule has 2 unspecified atom stereocenters. The summed E-state index contributed by atoms with van der Waals surface area (Å²) >= 11 is 9.96. The molecule has 8 heteroatoms. The third kappa shape index (κ3) is 3.93. The molecule has 0 saturated carbocycles. The first-order chi connectivity index (χ1) is 4.69. The Bertz CT molecular complexity index is 195. The minimum Gasteiger partial charge on any atom is -0.333 e. The first-order valence-corrected chi connectivity index (χ1v) is 8.00. The second kappa shape index (κ2) is 3.78. The van der Waals surface area contributed by atoms with Gasteiger partial charge in [-0.05, 0) is 28.9 Å². The lowest BCUT2D eigenvalue weighted by atomic mass is 10.6. The molecule has 2 N–H and O–H groups in total. The van der Waals surface area contributed by atoms with Gasteiger partial charge in [-0.3, -0.25) is 9.13 Å². The van der Waals surface area contributed by atoms with Gasteiger partial charge in [0.1, 0.15) is 5.40 Å². The molecule has 0 aliphatic rings. The molecule has 0 fully saturated rings. The van der Waals surface area contributed by atoms with Crippen LogP contribution in [0.2, 0.25) is 0 Å². The van der Waals surface area contributed by atoms with Crippen LogP contribution >= 0.6 is 35.9 Å². The van der Waals surface area contributed by atoms with E-state index < -0.39 is 18.8 Å². The van der Waals surface area contributed by atoms with Crippen molar-refractivity contribution >= 4 is 35.9 Å². The quantitative estimate of drug-likeness (QED) is 0.744. The van der Waals surface area contributed by atoms with Gasteiger partial charge in [0.05, 0.1) is 0 Å². The van der Waals surface area contributed by atoms with Gasteiger partial charge in [0.15, 0.2) is 0 Å². The molecule has 0 aromatic rings. The Morgan fingerprint density at radius 1 is 1.27 bits per heavy atom. The molecule has 0 aromatic carbocycles. The molecule has 0 amide bonds. The predicted molar refractivity (Wildman–Crippen MR) is 45.4 cm³/mol. The lowest BCUT2D eigenvalue weighted by Crippen LogP contribution is -2.01. The predicted octanol–water partition coefficient (Wildman–Crippen LogP) is 2.57. The Kier molecular flexibility index (Phi) is 4.11. The standard InChI is InChI=1S/C3H8Cl2O4P2/c1-2-3(10(4,6)7)11(5,8)9/h3H,2H2,1H3,(H,6,7)(H,8,9). The molecule has 0 radical (unpaired) electrons. The second-order valence-corrected chi connectivity index (χ2v) is 8.72. The maximum Gasteiger partial charge on any atom is 0.301 e. The molecule has 2 atom stereocenters. The van der Waals surface area contributed by atoms with Crippen LogP contribution in [0.1, 0.15) is 13.3 Å². The van der Waals surface area contributed by atoms with E-state index in [1.807, 2.05) is 0 Å². The second-order valence-electron chi connectivity index (χ2n) is 1.98. The van der Waals surface area contributed by atoms with Crippen LogP contribution in [-0.4, -0.2) is 15.2 Å². The van der Waals surface area contributed by atoms with Crippen molar-refractivity contribution in [2.24, 2.45) is 0 Å². The summed E-state index contributed by atoms with van der Waals surface area (Å²) in [5.74, 6) is 0. The number of hydrogen-bond acceptors (Lipinski definition) is 2. The Balaban J connectivity index is 4.72. The number of hydrogen-bond donors (Lipinski definition) is 2. The summed E-state index contributed by atoms with van der Waals surface area (Å²) in [7, 11) is 0. The molecule has 0 saturated heterocycles. The topological polar surface area (TPSA) is 74.6 Å². The van der Waals surface area contributed by atoms with E-state index in [2.05, 4.69) is 0 Å². The highest BCUT2D eigenvalue weighted by atomic mass is 35.7. The van der Waals surface area contributed by atoms with Crippen molar-refractivity contribution in [1.29, 1.82) is 0 Å². The van der Waals surface area contributed by atoms with Crippen LogP contribution in [0.5, 0.6) is 0 Å². The molecule has 0 heterocycles. The van der Waals surface area contributed by atoms with Crippen LogP contribution in [-0.2, 0) is 9.13 Å². The van der Waals surface area contributed by atoms with Crippen molar-refractivity contribution in [1.82, 2.24) is 0 Å². The highest BCUT2D eigenvalue weighted by Gasteiger charge is 2.40. The Hall–Kier alpha value is 0.960. The van der Waals surface area contributed by atoms with Crippen LogP contribution in [0.3, 0.4) is 0 Å². The van der Waals surface area contributed by atoms with Gasteiger partial charge in [0, 0.05) is 0 Å². The zero-order valence-electron chi connectivity index (χ0n) is 5.65. The van der Waals surface area contributed by atoms with Gasteiger partial charge in [-0.25, -0.2) is 0 Å². The summed E-state index contributed by atoms with van der Waals surface area (Å²) in [6, 6.07) is 0. The maximum atomic E-state index is 10.7. The fourth-order valence-electron chi connectivity index (χ4n) is 0.626. The highest BCUT2D eigenvalue weighted by molar-refractivity contribution is 7.99. The van der Waals surface area contributed by atoms with Gasteiger partial charge in [-0.2, -0.15) is 0 Å². The molecule has 0 aliphatic carbocycles. The van der Waals surface area contributed by atoms with Gasteiger partial charge in [-0.1, -0.05) is 6.92 Å². The van der Waals surface area contributed by atoms with Crippen molar-refractivity contribution in [3.05, 3.63) is 0 Å². The SMILES string of the molecule is CCC(P(=O)(O)Cl)P(=O)(O)Cl. The third-order valence-corrected chi connectivity index (χ3v) is 7.41. The third-order valence-electron chi connectivity index (χ3n) is 1.10. The summed E-state index contributed by atoms with van der Waals surface area (Å²) in [6.07, 6.45) is -0.00540. The van der Waals surface area contributed by atoms with E-state index in [0.717, 1.165) is 0 Å². The Morgan fingerprint density at radius 3 is 1.55 bits per heavy atom. The zero-order valence-corrected chi connectivity index (χ0v) is 8.95. The fraction of sp³-hybridized carbons (Fsp3) is 1.00. The summed E-state index contributed by atoms with van der Waals surface area (Å²) in [4.78, 5) is 17.4. The van der Waals surface area contributed by atoms with Crippen molar-refractivity contribution < 1.29 is 18.9 Å². The lowest BCUT2D eigenvalue weighted by Gasteiger charge is -2.16. The van der Waals surface area contributed by atoms with Crippen LogP contribution in [0.15, 0.2) is 0 Å². The Labute approximate surface area is 74.0 Å². The van der Waals surface area contributed by atoms with Gasteiger partial charge < -0.3 is 9.79 Å². The van der Waals surface area contributed by atoms with E-state index in [9.17, 15) is 9.13 Å². The smallest absolute Gasteiger partial charge is 0.301 e. The van der Waals surface area contributed by atoms with Crippen LogP contribution in [0.25, 0.3) is 0 Å². The van der Waals surface area contributed by atoms with E-state index in [4.69, 9.17) is 32.3 Å². The summed E-state index contributed by atoms with van der Waals surface area (Å²) < 4.78 is 21.4. The molecule has 11 heavy (non-hydrogen) atoms. The fourth-order valence-corrected chi connectivity index (χ4v) is 6.29. The van der Waals surface area contributed by atoms with E-state index in [0.29, 0.717) is 0 Å². The Morgan fingerprint density at radius 2 is 1.55 bits per heavy atom. The van der Waals surface area contributed by atoms with Crippen molar-refractivity contribution in [3.63, 3.8) is 0 Å². The van der Waals surface area contributed by atoms with E-state index in [1.54, 1.807) is 0 Å². The molecular formula is C3H8Cl2O4P2. The molecule has 0 rings (SSSR count). The van der Waals surface area contributed by atoms with Gasteiger partial charge in [0.25, 0.3) is 0 Å². The van der Waals surface area contributed by atoms with Crippen LogP contribution in [0.4, 0.5) is 0 Å². The van der Waals surface area contributed by atoms with Crippen LogP contribution in [0, 0.1) is 0 Å². The van der Waals surface area contributed by atoms with E-state index in [1.165, 1.54) is 6.92 Å². The van der Waals surface area contributed by atoms with Crippen molar-refractivity contribution in [2.45, 2.75) is 18.7 Å². The van der Waals surface area contributed by atoms with Gasteiger partial charge in [0.2, 0.25) is 0 Å². The van der Waals surface area contributed by atoms with Gasteiger partial charge in [-0.15, -0.1) is 0 Å². The summed E-state index contributed by atoms with van der Waals surface area (Å²) in [6.45, 7) is -6.68. The monoisotopic (exact) mass is 240 g/mol. The van der Waals surface area contributed by atoms with E-state index in [-0.39, 0.29) is 6.42 Å². The molecule has 4 nitrogen and oxygen atoms in total. The number of halogens is 2. The molecular weight excluding hydrogens is 233 g/mol. The average Bonchev–Trinajstić information content (AvgIpc) is 1.56. The minimum atomic E-state index is -4.07. The molecule has 68 valence electrons. The summed E-state index contributed by atoms with van der Waals surface area (Å²) in [5.41, 5.74) is 0. The van der Waals surface area contributed by atoms with Crippen LogP contribution < -0.4 is 0 Å². The molecule has 0 bridgehead atoms. The molecule has 0 aromatic heterocycles. The lowest BCUT2D eigenvalue weighted by molar-refractivity contribution is 0.467. The normalized spacial score (nSPS) is 25.2. The van der Waals surface area contributed by atoms with E-state index >= 15 is 0 Å². The first kappa shape index (κ1) is 12.0. The number of rotatable bonds is 3. The summed E-state index contributed by atoms with van der Waals surface area (Å²) in [5, 5.41) is -1.43. The molecule has 0 aliphatic heterocycles. The van der Waals surface area contributed by atoms with Crippen molar-refractivity contribution in [3.8, 4) is 0 Å². The molecule has 0 spiro atoms. The minimum absolute atomic E-state index is 0.00540.